The number of nitrogens with one attached hydrogen (secondary N) is 1. The maximum Gasteiger partial charge on any atom is 0.416 e. The van der Waals surface area contributed by atoms with Crippen LogP contribution in [0.3, 0.4) is 0 Å². The lowest BCUT2D eigenvalue weighted by molar-refractivity contribution is -0.137. The first-order chi connectivity index (χ1) is 23.5. The smallest absolute Gasteiger partial charge is 0.317 e. The summed E-state index contributed by atoms with van der Waals surface area (Å²) in [6.45, 7) is 7.32. The topological polar surface area (TPSA) is 74.2 Å². The molecule has 0 spiro atoms. The van der Waals surface area contributed by atoms with Gasteiger partial charge in [-0.3, -0.25) is 9.63 Å². The van der Waals surface area contributed by atoms with Gasteiger partial charge >= 0.3 is 12.2 Å². The maximum absolute atomic E-state index is 13.5. The van der Waals surface area contributed by atoms with Crippen LogP contribution in [0.4, 0.5) is 22.4 Å². The molecule has 260 valence electrons. The van der Waals surface area contributed by atoms with E-state index in [2.05, 4.69) is 29.2 Å². The van der Waals surface area contributed by atoms with Crippen LogP contribution in [0.25, 0.3) is 11.1 Å². The number of likely N-dealkylation sites (N-methyl/N-ethyl adjacent to an activating group) is 1. The van der Waals surface area contributed by atoms with Crippen molar-refractivity contribution < 1.29 is 32.0 Å². The number of alkyl halides is 3. The van der Waals surface area contributed by atoms with Crippen molar-refractivity contribution in [1.29, 1.82) is 0 Å². The lowest BCUT2D eigenvalue weighted by Gasteiger charge is -2.28. The Bertz CT molecular complexity index is 1650. The molecule has 3 aromatic carbocycles. The number of amides is 3. The molecule has 3 amide bonds. The van der Waals surface area contributed by atoms with Gasteiger partial charge in [0.15, 0.2) is 0 Å². The fraction of sp³-hybridized carbons (Fsp3) is 0.395. The van der Waals surface area contributed by atoms with E-state index in [0.29, 0.717) is 50.2 Å². The summed E-state index contributed by atoms with van der Waals surface area (Å²) in [5.41, 5.74) is 7.62. The highest BCUT2D eigenvalue weighted by atomic mass is 19.4. The average Bonchev–Trinajstić information content (AvgIpc) is 3.60. The highest BCUT2D eigenvalue weighted by molar-refractivity contribution is 6.09. The third kappa shape index (κ3) is 9.42. The van der Waals surface area contributed by atoms with Gasteiger partial charge in [-0.05, 0) is 91.7 Å². The molecule has 5 rings (SSSR count). The number of rotatable bonds is 14. The van der Waals surface area contributed by atoms with E-state index in [9.17, 15) is 27.2 Å². The summed E-state index contributed by atoms with van der Waals surface area (Å²) in [5, 5.41) is 0. The third-order valence-corrected chi connectivity index (χ3v) is 9.32. The second-order valence-electron chi connectivity index (χ2n) is 12.4. The van der Waals surface area contributed by atoms with E-state index in [1.165, 1.54) is 24.3 Å². The lowest BCUT2D eigenvalue weighted by atomic mass is 9.86. The van der Waals surface area contributed by atoms with Crippen molar-refractivity contribution in [3.8, 4) is 11.1 Å². The first kappa shape index (κ1) is 35.9. The van der Waals surface area contributed by atoms with Gasteiger partial charge in [-0.1, -0.05) is 68.0 Å². The molecule has 1 aliphatic carbocycles. The number of nitrogens with zero attached hydrogens (tertiary/aromatic N) is 3. The Labute approximate surface area is 284 Å². The molecule has 0 fully saturated rings. The molecule has 1 N–H and O–H groups in total. The second kappa shape index (κ2) is 16.4. The SMILES string of the molecule is CCN(CC)CCN(Cc1ccc(-c2ccc(C(F)(F)F)cc2)cc1)C(=O)NOCC1C(CCc2ccc(F)cc2)=NC(=O)C2=C1CCC2. The molecule has 2 aliphatic rings. The Balaban J connectivity index is 1.24. The van der Waals surface area contributed by atoms with Crippen molar-refractivity contribution in [3.63, 3.8) is 0 Å². The Hall–Kier alpha value is -4.35. The van der Waals surface area contributed by atoms with Crippen LogP contribution in [-0.4, -0.2) is 60.2 Å². The van der Waals surface area contributed by atoms with E-state index in [-0.39, 0.29) is 24.2 Å². The Morgan fingerprint density at radius 3 is 2.14 bits per heavy atom. The second-order valence-corrected chi connectivity index (χ2v) is 12.4. The summed E-state index contributed by atoms with van der Waals surface area (Å²) in [7, 11) is 0. The molecule has 1 heterocycles. The first-order valence-corrected chi connectivity index (χ1v) is 16.8. The van der Waals surface area contributed by atoms with Gasteiger partial charge in [0.1, 0.15) is 5.82 Å². The highest BCUT2D eigenvalue weighted by Gasteiger charge is 2.34. The molecule has 0 radical (unpaired) electrons. The number of hydrogen-bond acceptors (Lipinski definition) is 4. The van der Waals surface area contributed by atoms with Gasteiger partial charge in [-0.2, -0.15) is 13.2 Å². The largest absolute Gasteiger partial charge is 0.416 e. The molecular weight excluding hydrogens is 636 g/mol. The van der Waals surface area contributed by atoms with E-state index in [1.54, 1.807) is 17.0 Å². The predicted molar refractivity (Wildman–Crippen MR) is 181 cm³/mol. The number of urea groups is 1. The number of hydrogen-bond donors (Lipinski definition) is 1. The van der Waals surface area contributed by atoms with E-state index < -0.39 is 17.8 Å². The number of carbonyl (C=O) groups excluding carboxylic acids is 2. The van der Waals surface area contributed by atoms with Gasteiger partial charge in [0.2, 0.25) is 0 Å². The zero-order valence-corrected chi connectivity index (χ0v) is 27.9. The molecule has 3 aromatic rings. The van der Waals surface area contributed by atoms with Gasteiger partial charge in [0.05, 0.1) is 12.2 Å². The molecule has 0 aromatic heterocycles. The van der Waals surface area contributed by atoms with Crippen molar-refractivity contribution in [2.75, 3.05) is 32.8 Å². The number of dihydropyridines is 1. The number of carbonyl (C=O) groups is 2. The zero-order valence-electron chi connectivity index (χ0n) is 27.9. The van der Waals surface area contributed by atoms with Gasteiger partial charge in [0, 0.05) is 36.8 Å². The molecule has 0 bridgehead atoms. The molecule has 49 heavy (non-hydrogen) atoms. The van der Waals surface area contributed by atoms with Crippen molar-refractivity contribution in [2.24, 2.45) is 10.9 Å². The Kier molecular flexibility index (Phi) is 12.0. The van der Waals surface area contributed by atoms with Gasteiger partial charge in [0.25, 0.3) is 5.91 Å². The van der Waals surface area contributed by atoms with Gasteiger partial charge < -0.3 is 9.80 Å². The van der Waals surface area contributed by atoms with Gasteiger partial charge in [-0.15, -0.1) is 0 Å². The summed E-state index contributed by atoms with van der Waals surface area (Å²) in [4.78, 5) is 40.5. The van der Waals surface area contributed by atoms with Crippen LogP contribution in [0.15, 0.2) is 88.9 Å². The number of benzene rings is 3. The van der Waals surface area contributed by atoms with Crippen LogP contribution in [0.5, 0.6) is 0 Å². The average molecular weight is 679 g/mol. The molecular formula is C38H42F4N4O3. The minimum atomic E-state index is -4.39. The van der Waals surface area contributed by atoms with Crippen LogP contribution < -0.4 is 5.48 Å². The molecule has 1 unspecified atom stereocenters. The van der Waals surface area contributed by atoms with E-state index in [4.69, 9.17) is 4.84 Å². The minimum Gasteiger partial charge on any atom is -0.317 e. The van der Waals surface area contributed by atoms with Crippen LogP contribution >= 0.6 is 0 Å². The van der Waals surface area contributed by atoms with E-state index >= 15 is 0 Å². The zero-order chi connectivity index (χ0) is 35.0. The quantitative estimate of drug-likeness (QED) is 0.139. The number of halogens is 4. The monoisotopic (exact) mass is 678 g/mol. The summed E-state index contributed by atoms with van der Waals surface area (Å²) < 4.78 is 52.4. The lowest BCUT2D eigenvalue weighted by Crippen LogP contribution is -2.44. The summed E-state index contributed by atoms with van der Waals surface area (Å²) in [6.07, 6.45) is -0.964. The minimum absolute atomic E-state index is 0.131. The molecule has 7 nitrogen and oxygen atoms in total. The summed E-state index contributed by atoms with van der Waals surface area (Å²) in [5.74, 6) is -0.746. The molecule has 1 atom stereocenters. The number of hydroxylamine groups is 1. The number of aryl methyl sites for hydroxylation is 1. The molecule has 11 heteroatoms. The first-order valence-electron chi connectivity index (χ1n) is 16.8. The van der Waals surface area contributed by atoms with Crippen LogP contribution in [0, 0.1) is 11.7 Å². The Morgan fingerprint density at radius 2 is 1.51 bits per heavy atom. The fourth-order valence-electron chi connectivity index (χ4n) is 6.40. The highest BCUT2D eigenvalue weighted by Crippen LogP contribution is 2.37. The molecule has 0 saturated carbocycles. The van der Waals surface area contributed by atoms with Crippen molar-refractivity contribution >= 4 is 17.6 Å². The van der Waals surface area contributed by atoms with Crippen LogP contribution in [0.2, 0.25) is 0 Å². The number of aliphatic imine (C=N–C) groups is 1. The van der Waals surface area contributed by atoms with Gasteiger partial charge in [-0.25, -0.2) is 19.7 Å². The molecule has 1 aliphatic heterocycles. The van der Waals surface area contributed by atoms with Crippen molar-refractivity contribution in [1.82, 2.24) is 15.3 Å². The van der Waals surface area contributed by atoms with Crippen molar-refractivity contribution in [2.45, 2.75) is 58.7 Å². The Morgan fingerprint density at radius 1 is 0.878 bits per heavy atom. The molecule has 0 saturated heterocycles. The van der Waals surface area contributed by atoms with Crippen LogP contribution in [0.1, 0.15) is 56.2 Å². The summed E-state index contributed by atoms with van der Waals surface area (Å²) >= 11 is 0. The standard InChI is InChI=1S/C38H42F4N4O3/c1-3-45(4-2)22-23-46(24-27-8-13-28(14-9-27)29-15-17-30(18-16-29)38(40,41)42)37(48)44-49-25-34-32-6-5-7-33(32)36(47)43-35(34)21-12-26-10-19-31(39)20-11-26/h8-11,13-20,34H,3-7,12,21-25H2,1-2H3,(H,44,48). The fourth-order valence-corrected chi connectivity index (χ4v) is 6.40. The normalized spacial score (nSPS) is 16.2. The van der Waals surface area contributed by atoms with Crippen molar-refractivity contribution in [3.05, 3.63) is 106 Å². The van der Waals surface area contributed by atoms with Crippen LogP contribution in [-0.2, 0) is 28.8 Å². The summed E-state index contributed by atoms with van der Waals surface area (Å²) in [6, 6.07) is 18.3. The maximum atomic E-state index is 13.5. The van der Waals surface area contributed by atoms with E-state index in [0.717, 1.165) is 65.9 Å². The predicted octanol–water partition coefficient (Wildman–Crippen LogP) is 8.01. The van der Waals surface area contributed by atoms with E-state index in [1.807, 2.05) is 24.3 Å². The third-order valence-electron chi connectivity index (χ3n) is 9.32.